The number of benzene rings is 1. The molecule has 0 bridgehead atoms. The summed E-state index contributed by atoms with van der Waals surface area (Å²) >= 11 is 0. The molecule has 2 heterocycles. The lowest BCUT2D eigenvalue weighted by molar-refractivity contribution is 0.0137. The van der Waals surface area contributed by atoms with Crippen molar-refractivity contribution < 1.29 is 13.9 Å². The second-order valence-electron chi connectivity index (χ2n) is 8.08. The Bertz CT molecular complexity index is 973. The SMILES string of the molecule is C[C@@H](SSC(C)(C)CCc1ccncc1)[C@](O)(Cn1cncn1)c1ccc(F)cc1F. The van der Waals surface area contributed by atoms with E-state index in [9.17, 15) is 13.9 Å². The van der Waals surface area contributed by atoms with Gasteiger partial charge in [-0.25, -0.2) is 18.4 Å². The number of pyridine rings is 1. The van der Waals surface area contributed by atoms with E-state index in [2.05, 4.69) is 28.9 Å². The fourth-order valence-electron chi connectivity index (χ4n) is 3.15. The van der Waals surface area contributed by atoms with E-state index in [-0.39, 0.29) is 16.9 Å². The molecule has 0 amide bonds. The molecule has 0 aliphatic rings. The standard InChI is InChI=1S/C22H26F2N4OS2/c1-16(30-31-21(2,3)9-6-17-7-10-25-11-8-17)22(29,13-28-15-26-14-27-28)19-5-4-18(23)12-20(19)24/h4-5,7-8,10-12,14-16,29H,6,9,13H2,1-3H3/t16-,22-/m1/s1. The summed E-state index contributed by atoms with van der Waals surface area (Å²) in [6, 6.07) is 7.27. The normalized spacial score (nSPS) is 14.9. The van der Waals surface area contributed by atoms with Crippen molar-refractivity contribution in [2.75, 3.05) is 0 Å². The van der Waals surface area contributed by atoms with Crippen molar-refractivity contribution in [3.63, 3.8) is 0 Å². The Morgan fingerprint density at radius 2 is 1.87 bits per heavy atom. The summed E-state index contributed by atoms with van der Waals surface area (Å²) in [5.74, 6) is -1.46. The second-order valence-corrected chi connectivity index (χ2v) is 11.3. The maximum atomic E-state index is 14.7. The van der Waals surface area contributed by atoms with Gasteiger partial charge in [-0.3, -0.25) is 4.98 Å². The smallest absolute Gasteiger partial charge is 0.137 e. The average molecular weight is 465 g/mol. The number of nitrogens with zero attached hydrogens (tertiary/aromatic N) is 4. The highest BCUT2D eigenvalue weighted by molar-refractivity contribution is 8.77. The molecule has 0 spiro atoms. The van der Waals surface area contributed by atoms with Crippen LogP contribution >= 0.6 is 21.6 Å². The number of hydrogen-bond donors (Lipinski definition) is 1. The number of hydrogen-bond acceptors (Lipinski definition) is 6. The Morgan fingerprint density at radius 1 is 1.13 bits per heavy atom. The summed E-state index contributed by atoms with van der Waals surface area (Å²) in [6.07, 6.45) is 8.23. The summed E-state index contributed by atoms with van der Waals surface area (Å²) in [5, 5.41) is 15.2. The minimum Gasteiger partial charge on any atom is -0.382 e. The Morgan fingerprint density at radius 3 is 2.52 bits per heavy atom. The van der Waals surface area contributed by atoms with Gasteiger partial charge < -0.3 is 5.11 Å². The summed E-state index contributed by atoms with van der Waals surface area (Å²) in [5.41, 5.74) is -0.345. The first-order valence-electron chi connectivity index (χ1n) is 9.93. The molecule has 0 fully saturated rings. The Kier molecular flexibility index (Phi) is 7.72. The van der Waals surface area contributed by atoms with Gasteiger partial charge in [0.25, 0.3) is 0 Å². The molecule has 9 heteroatoms. The van der Waals surface area contributed by atoms with Crippen LogP contribution in [0.3, 0.4) is 0 Å². The van der Waals surface area contributed by atoms with Crippen LogP contribution in [0.15, 0.2) is 55.4 Å². The highest BCUT2D eigenvalue weighted by atomic mass is 33.1. The van der Waals surface area contributed by atoms with Crippen molar-refractivity contribution in [2.45, 2.75) is 55.8 Å². The van der Waals surface area contributed by atoms with Gasteiger partial charge in [-0.15, -0.1) is 0 Å². The Hall–Kier alpha value is -1.97. The first kappa shape index (κ1) is 23.7. The van der Waals surface area contributed by atoms with E-state index in [1.165, 1.54) is 39.8 Å². The number of aryl methyl sites for hydroxylation is 1. The number of aliphatic hydroxyl groups is 1. The maximum Gasteiger partial charge on any atom is 0.137 e. The monoisotopic (exact) mass is 464 g/mol. The van der Waals surface area contributed by atoms with E-state index < -0.39 is 22.5 Å². The molecule has 0 saturated heterocycles. The molecule has 166 valence electrons. The number of rotatable bonds is 10. The first-order chi connectivity index (χ1) is 14.7. The molecular weight excluding hydrogens is 438 g/mol. The summed E-state index contributed by atoms with van der Waals surface area (Å²) in [6.45, 7) is 6.14. The van der Waals surface area contributed by atoms with E-state index in [0.717, 1.165) is 25.0 Å². The largest absolute Gasteiger partial charge is 0.382 e. The molecule has 1 aromatic carbocycles. The van der Waals surface area contributed by atoms with Crippen LogP contribution in [-0.2, 0) is 18.6 Å². The lowest BCUT2D eigenvalue weighted by Crippen LogP contribution is -2.41. The topological polar surface area (TPSA) is 63.8 Å². The molecule has 3 rings (SSSR count). The van der Waals surface area contributed by atoms with E-state index in [1.54, 1.807) is 23.2 Å². The van der Waals surface area contributed by atoms with Gasteiger partial charge in [0.1, 0.15) is 29.9 Å². The molecule has 2 aromatic heterocycles. The zero-order valence-corrected chi connectivity index (χ0v) is 19.3. The number of halogens is 2. The van der Waals surface area contributed by atoms with Crippen molar-refractivity contribution in [1.29, 1.82) is 0 Å². The molecule has 0 radical (unpaired) electrons. The van der Waals surface area contributed by atoms with Gasteiger partial charge >= 0.3 is 0 Å². The quantitative estimate of drug-likeness (QED) is 0.425. The molecule has 0 aliphatic heterocycles. The minimum atomic E-state index is -1.61. The Labute approximate surface area is 189 Å². The molecular formula is C22H26F2N4OS2. The van der Waals surface area contributed by atoms with Crippen molar-refractivity contribution in [2.24, 2.45) is 0 Å². The summed E-state index contributed by atoms with van der Waals surface area (Å²) in [7, 11) is 3.14. The first-order valence-corrected chi connectivity index (χ1v) is 12.1. The predicted octanol–water partition coefficient (Wildman–Crippen LogP) is 5.02. The fourth-order valence-corrected chi connectivity index (χ4v) is 6.05. The fraction of sp³-hybridized carbons (Fsp3) is 0.409. The molecule has 31 heavy (non-hydrogen) atoms. The van der Waals surface area contributed by atoms with Crippen molar-refractivity contribution in [3.05, 3.63) is 78.1 Å². The van der Waals surface area contributed by atoms with Gasteiger partial charge in [-0.05, 0) is 57.4 Å². The van der Waals surface area contributed by atoms with Crippen LogP contribution in [0.2, 0.25) is 0 Å². The minimum absolute atomic E-state index is 0.00171. The zero-order valence-electron chi connectivity index (χ0n) is 17.7. The van der Waals surface area contributed by atoms with Crippen LogP contribution in [-0.4, -0.2) is 34.9 Å². The van der Waals surface area contributed by atoms with Crippen LogP contribution in [0.1, 0.15) is 38.3 Å². The van der Waals surface area contributed by atoms with E-state index >= 15 is 0 Å². The van der Waals surface area contributed by atoms with E-state index in [1.807, 2.05) is 19.1 Å². The zero-order chi connectivity index (χ0) is 22.5. The predicted molar refractivity (Wildman–Crippen MR) is 122 cm³/mol. The maximum absolute atomic E-state index is 14.7. The lowest BCUT2D eigenvalue weighted by Gasteiger charge is -2.35. The average Bonchev–Trinajstić information content (AvgIpc) is 3.24. The number of aromatic nitrogens is 4. The third-order valence-corrected chi connectivity index (χ3v) is 9.06. The van der Waals surface area contributed by atoms with Crippen molar-refractivity contribution >= 4 is 21.6 Å². The van der Waals surface area contributed by atoms with Crippen LogP contribution in [0.25, 0.3) is 0 Å². The molecule has 5 nitrogen and oxygen atoms in total. The van der Waals surface area contributed by atoms with Crippen molar-refractivity contribution in [3.8, 4) is 0 Å². The lowest BCUT2D eigenvalue weighted by atomic mass is 9.90. The van der Waals surface area contributed by atoms with Crippen LogP contribution < -0.4 is 0 Å². The molecule has 2 atom stereocenters. The summed E-state index contributed by atoms with van der Waals surface area (Å²) in [4.78, 5) is 7.95. The second kappa shape index (κ2) is 10.1. The summed E-state index contributed by atoms with van der Waals surface area (Å²) < 4.78 is 29.5. The van der Waals surface area contributed by atoms with Gasteiger partial charge in [0.2, 0.25) is 0 Å². The van der Waals surface area contributed by atoms with Gasteiger partial charge in [0, 0.05) is 34.0 Å². The van der Waals surface area contributed by atoms with Gasteiger partial charge in [0.15, 0.2) is 0 Å². The van der Waals surface area contributed by atoms with Gasteiger partial charge in [-0.1, -0.05) is 27.7 Å². The molecule has 0 aliphatic carbocycles. The molecule has 1 N–H and O–H groups in total. The highest BCUT2D eigenvalue weighted by Crippen LogP contribution is 2.46. The van der Waals surface area contributed by atoms with Crippen molar-refractivity contribution in [1.82, 2.24) is 19.7 Å². The van der Waals surface area contributed by atoms with Gasteiger partial charge in [-0.2, -0.15) is 5.10 Å². The third-order valence-electron chi connectivity index (χ3n) is 5.12. The molecule has 0 saturated carbocycles. The molecule has 3 aromatic rings. The van der Waals surface area contributed by atoms with Gasteiger partial charge in [0.05, 0.1) is 6.54 Å². The third kappa shape index (κ3) is 6.27. The Balaban J connectivity index is 1.74. The van der Waals surface area contributed by atoms with Crippen LogP contribution in [0.4, 0.5) is 8.78 Å². The van der Waals surface area contributed by atoms with E-state index in [4.69, 9.17) is 0 Å². The van der Waals surface area contributed by atoms with E-state index in [0.29, 0.717) is 0 Å². The highest BCUT2D eigenvalue weighted by Gasteiger charge is 2.40. The van der Waals surface area contributed by atoms with Crippen LogP contribution in [0, 0.1) is 11.6 Å². The van der Waals surface area contributed by atoms with Crippen LogP contribution in [0.5, 0.6) is 0 Å². The molecule has 0 unspecified atom stereocenters.